The summed E-state index contributed by atoms with van der Waals surface area (Å²) in [5, 5.41) is 13.6. The van der Waals surface area contributed by atoms with Crippen LogP contribution >= 0.6 is 0 Å². The van der Waals surface area contributed by atoms with Crippen LogP contribution in [0.3, 0.4) is 0 Å². The van der Waals surface area contributed by atoms with Gasteiger partial charge >= 0.3 is 0 Å². The molecule has 1 aliphatic rings. The van der Waals surface area contributed by atoms with Gasteiger partial charge in [0.15, 0.2) is 0 Å². The molecule has 4 nitrogen and oxygen atoms in total. The number of β-amino-alcohol motifs (C(OH)–C–C–N with tert-alkyl or cyclic N) is 1. The average molecular weight is 222 g/mol. The van der Waals surface area contributed by atoms with Crippen LogP contribution in [0.2, 0.25) is 0 Å². The first-order valence-corrected chi connectivity index (χ1v) is 5.64. The van der Waals surface area contributed by atoms with E-state index in [0.29, 0.717) is 13.0 Å². The summed E-state index contributed by atoms with van der Waals surface area (Å²) < 4.78 is 5.24. The summed E-state index contributed by atoms with van der Waals surface area (Å²) in [6.07, 6.45) is 4.10. The van der Waals surface area contributed by atoms with Gasteiger partial charge in [-0.2, -0.15) is 0 Å². The van der Waals surface area contributed by atoms with E-state index in [-0.39, 0.29) is 0 Å². The molecule has 1 fully saturated rings. The fourth-order valence-corrected chi connectivity index (χ4v) is 2.16. The summed E-state index contributed by atoms with van der Waals surface area (Å²) in [5.41, 5.74) is 0.149. The van der Waals surface area contributed by atoms with Crippen molar-refractivity contribution in [1.29, 1.82) is 0 Å². The summed E-state index contributed by atoms with van der Waals surface area (Å²) in [6, 6.07) is 3.72. The van der Waals surface area contributed by atoms with E-state index >= 15 is 0 Å². The Morgan fingerprint density at radius 3 is 3.19 bits per heavy atom. The molecule has 1 aliphatic heterocycles. The SMILES string of the molecule is COc1cccnc1CC1(O)CCCNC1. The minimum atomic E-state index is -0.681. The maximum absolute atomic E-state index is 10.4. The second-order valence-electron chi connectivity index (χ2n) is 4.33. The molecule has 2 heterocycles. The molecule has 1 atom stereocenters. The van der Waals surface area contributed by atoms with Crippen molar-refractivity contribution in [3.05, 3.63) is 24.0 Å². The maximum atomic E-state index is 10.4. The number of methoxy groups -OCH3 is 1. The van der Waals surface area contributed by atoms with Crippen molar-refractivity contribution in [2.75, 3.05) is 20.2 Å². The third-order valence-corrected chi connectivity index (χ3v) is 3.01. The number of ether oxygens (including phenoxy) is 1. The Morgan fingerprint density at radius 1 is 1.62 bits per heavy atom. The maximum Gasteiger partial charge on any atom is 0.140 e. The summed E-state index contributed by atoms with van der Waals surface area (Å²) in [6.45, 7) is 1.62. The van der Waals surface area contributed by atoms with Crippen LogP contribution in [-0.2, 0) is 6.42 Å². The van der Waals surface area contributed by atoms with E-state index in [1.807, 2.05) is 12.1 Å². The van der Waals surface area contributed by atoms with Gasteiger partial charge in [0.2, 0.25) is 0 Å². The normalized spacial score (nSPS) is 25.4. The summed E-state index contributed by atoms with van der Waals surface area (Å²) in [7, 11) is 1.63. The molecule has 2 N–H and O–H groups in total. The van der Waals surface area contributed by atoms with E-state index < -0.39 is 5.60 Å². The fraction of sp³-hybridized carbons (Fsp3) is 0.583. The van der Waals surface area contributed by atoms with Gasteiger partial charge in [0, 0.05) is 19.2 Å². The number of pyridine rings is 1. The molecule has 0 saturated carbocycles. The molecule has 1 aromatic rings. The van der Waals surface area contributed by atoms with Gasteiger partial charge in [-0.25, -0.2) is 0 Å². The van der Waals surface area contributed by atoms with Crippen LogP contribution in [0.15, 0.2) is 18.3 Å². The van der Waals surface area contributed by atoms with Crippen molar-refractivity contribution in [3.63, 3.8) is 0 Å². The number of hydrogen-bond donors (Lipinski definition) is 2. The molecule has 0 radical (unpaired) electrons. The lowest BCUT2D eigenvalue weighted by molar-refractivity contribution is 0.0156. The van der Waals surface area contributed by atoms with E-state index in [1.54, 1.807) is 13.3 Å². The average Bonchev–Trinajstić information content (AvgIpc) is 2.30. The predicted octanol–water partition coefficient (Wildman–Crippen LogP) is 0.747. The van der Waals surface area contributed by atoms with Crippen LogP contribution < -0.4 is 10.1 Å². The fourth-order valence-electron chi connectivity index (χ4n) is 2.16. The first kappa shape index (κ1) is 11.4. The van der Waals surface area contributed by atoms with Crippen molar-refractivity contribution >= 4 is 0 Å². The van der Waals surface area contributed by atoms with Gasteiger partial charge in [0.05, 0.1) is 18.4 Å². The number of aliphatic hydroxyl groups is 1. The summed E-state index contributed by atoms with van der Waals surface area (Å²) in [5.74, 6) is 0.751. The number of rotatable bonds is 3. The van der Waals surface area contributed by atoms with Gasteiger partial charge < -0.3 is 15.2 Å². The van der Waals surface area contributed by atoms with E-state index in [0.717, 1.165) is 30.8 Å². The summed E-state index contributed by atoms with van der Waals surface area (Å²) >= 11 is 0. The quantitative estimate of drug-likeness (QED) is 0.792. The van der Waals surface area contributed by atoms with Gasteiger partial charge in [-0.15, -0.1) is 0 Å². The van der Waals surface area contributed by atoms with Gasteiger partial charge in [0.25, 0.3) is 0 Å². The van der Waals surface area contributed by atoms with Crippen molar-refractivity contribution < 1.29 is 9.84 Å². The van der Waals surface area contributed by atoms with Gasteiger partial charge in [0.1, 0.15) is 5.75 Å². The lowest BCUT2D eigenvalue weighted by Gasteiger charge is -2.32. The largest absolute Gasteiger partial charge is 0.495 e. The van der Waals surface area contributed by atoms with E-state index in [1.165, 1.54) is 0 Å². The lowest BCUT2D eigenvalue weighted by Crippen LogP contribution is -2.47. The van der Waals surface area contributed by atoms with Gasteiger partial charge in [-0.05, 0) is 31.5 Å². The third-order valence-electron chi connectivity index (χ3n) is 3.01. The molecule has 88 valence electrons. The van der Waals surface area contributed by atoms with Crippen molar-refractivity contribution in [3.8, 4) is 5.75 Å². The second kappa shape index (κ2) is 4.80. The zero-order chi connectivity index (χ0) is 11.4. The Labute approximate surface area is 95.7 Å². The number of aromatic nitrogens is 1. The minimum Gasteiger partial charge on any atom is -0.495 e. The highest BCUT2D eigenvalue weighted by atomic mass is 16.5. The Morgan fingerprint density at radius 2 is 2.50 bits per heavy atom. The zero-order valence-electron chi connectivity index (χ0n) is 9.57. The smallest absolute Gasteiger partial charge is 0.140 e. The van der Waals surface area contributed by atoms with Gasteiger partial charge in [-0.1, -0.05) is 0 Å². The van der Waals surface area contributed by atoms with Crippen molar-refractivity contribution in [1.82, 2.24) is 10.3 Å². The molecule has 0 aliphatic carbocycles. The minimum absolute atomic E-state index is 0.546. The molecular formula is C12H18N2O2. The highest BCUT2D eigenvalue weighted by Gasteiger charge is 2.30. The Balaban J connectivity index is 2.12. The lowest BCUT2D eigenvalue weighted by atomic mass is 9.89. The van der Waals surface area contributed by atoms with E-state index in [9.17, 15) is 5.11 Å². The molecule has 0 spiro atoms. The van der Waals surface area contributed by atoms with Crippen LogP contribution in [0.1, 0.15) is 18.5 Å². The Bertz CT molecular complexity index is 349. The van der Waals surface area contributed by atoms with Crippen molar-refractivity contribution in [2.24, 2.45) is 0 Å². The Kier molecular flexibility index (Phi) is 3.41. The Hall–Kier alpha value is -1.13. The van der Waals surface area contributed by atoms with Crippen LogP contribution in [0.4, 0.5) is 0 Å². The monoisotopic (exact) mass is 222 g/mol. The number of hydrogen-bond acceptors (Lipinski definition) is 4. The van der Waals surface area contributed by atoms with Gasteiger partial charge in [-0.3, -0.25) is 4.98 Å². The molecule has 1 saturated heterocycles. The topological polar surface area (TPSA) is 54.4 Å². The van der Waals surface area contributed by atoms with Crippen LogP contribution in [0.25, 0.3) is 0 Å². The molecule has 2 rings (SSSR count). The number of nitrogens with zero attached hydrogens (tertiary/aromatic N) is 1. The highest BCUT2D eigenvalue weighted by Crippen LogP contribution is 2.25. The number of nitrogens with one attached hydrogen (secondary N) is 1. The van der Waals surface area contributed by atoms with Crippen LogP contribution in [0, 0.1) is 0 Å². The molecule has 4 heteroatoms. The predicted molar refractivity (Wildman–Crippen MR) is 61.5 cm³/mol. The molecule has 0 amide bonds. The molecule has 1 unspecified atom stereocenters. The highest BCUT2D eigenvalue weighted by molar-refractivity contribution is 5.28. The van der Waals surface area contributed by atoms with Crippen LogP contribution in [0.5, 0.6) is 5.75 Å². The third kappa shape index (κ3) is 2.51. The van der Waals surface area contributed by atoms with Crippen LogP contribution in [-0.4, -0.2) is 35.9 Å². The number of piperidine rings is 1. The molecule has 16 heavy (non-hydrogen) atoms. The summed E-state index contributed by atoms with van der Waals surface area (Å²) in [4.78, 5) is 4.28. The zero-order valence-corrected chi connectivity index (χ0v) is 9.57. The molecule has 0 aromatic carbocycles. The van der Waals surface area contributed by atoms with E-state index in [2.05, 4.69) is 10.3 Å². The molecular weight excluding hydrogens is 204 g/mol. The van der Waals surface area contributed by atoms with E-state index in [4.69, 9.17) is 4.74 Å². The second-order valence-corrected chi connectivity index (χ2v) is 4.33. The first-order chi connectivity index (χ1) is 7.73. The molecule has 1 aromatic heterocycles. The first-order valence-electron chi connectivity index (χ1n) is 5.64. The standard InChI is InChI=1S/C12H18N2O2/c1-16-11-4-2-7-14-10(11)8-12(15)5-3-6-13-9-12/h2,4,7,13,15H,3,5-6,8-9H2,1H3. The molecule has 0 bridgehead atoms. The van der Waals surface area contributed by atoms with Crippen molar-refractivity contribution in [2.45, 2.75) is 24.9 Å².